The van der Waals surface area contributed by atoms with Crippen LogP contribution < -0.4 is 14.2 Å². The van der Waals surface area contributed by atoms with Gasteiger partial charge in [-0.05, 0) is 45.7 Å². The van der Waals surface area contributed by atoms with Crippen molar-refractivity contribution in [2.24, 2.45) is 0 Å². The molecule has 1 aromatic carbocycles. The van der Waals surface area contributed by atoms with Crippen molar-refractivity contribution in [3.8, 4) is 23.3 Å². The van der Waals surface area contributed by atoms with Crippen molar-refractivity contribution in [1.82, 2.24) is 15.0 Å². The van der Waals surface area contributed by atoms with E-state index in [1.54, 1.807) is 31.9 Å². The van der Waals surface area contributed by atoms with Crippen molar-refractivity contribution < 1.29 is 37.7 Å². The highest BCUT2D eigenvalue weighted by Crippen LogP contribution is 2.32. The molecule has 1 aliphatic carbocycles. The molecule has 0 N–H and O–H groups in total. The number of hydrogen-bond acceptors (Lipinski definition) is 10. The molecule has 10 nitrogen and oxygen atoms in total. The molecular weight excluding hydrogens is 473 g/mol. The number of halogens is 1. The van der Waals surface area contributed by atoms with Gasteiger partial charge in [0.05, 0.1) is 24.4 Å². The number of nitrogens with zero attached hydrogens (tertiary/aromatic N) is 3. The van der Waals surface area contributed by atoms with E-state index in [1.807, 2.05) is 0 Å². The highest BCUT2D eigenvalue weighted by atomic mass is 19.1. The van der Waals surface area contributed by atoms with Gasteiger partial charge in [0, 0.05) is 32.0 Å². The molecule has 0 bridgehead atoms. The molecule has 2 fully saturated rings. The van der Waals surface area contributed by atoms with Gasteiger partial charge in [-0.2, -0.15) is 0 Å². The lowest BCUT2D eigenvalue weighted by atomic mass is 10.1. The summed E-state index contributed by atoms with van der Waals surface area (Å²) in [6.07, 6.45) is 4.01. The number of benzene rings is 1. The minimum atomic E-state index is -0.716. The molecule has 1 saturated carbocycles. The first kappa shape index (κ1) is 25.9. The predicted octanol–water partition coefficient (Wildman–Crippen LogP) is 4.59. The molecule has 0 radical (unpaired) electrons. The normalized spacial score (nSPS) is 16.6. The standard InChI is InChI=1S/C25H32FN3O7/c1-16(2)33-25(30)36-29-10-8-19(9-11-29)34-23-17(3)24(28-15-27-23)35-22-7-6-20(14-21(22)26)32-13-12-31-18-4-5-18/h6-7,14-16,18-19H,4-5,8-13H2,1-3H3. The fourth-order valence-corrected chi connectivity index (χ4v) is 3.53. The van der Waals surface area contributed by atoms with Gasteiger partial charge in [-0.15, -0.1) is 5.06 Å². The number of carbonyl (C=O) groups is 1. The number of hydroxylamine groups is 2. The van der Waals surface area contributed by atoms with Crippen molar-refractivity contribution >= 4 is 6.16 Å². The summed E-state index contributed by atoms with van der Waals surface area (Å²) in [4.78, 5) is 25.2. The van der Waals surface area contributed by atoms with Crippen molar-refractivity contribution in [1.29, 1.82) is 0 Å². The molecular formula is C25H32FN3O7. The second-order valence-corrected chi connectivity index (χ2v) is 8.98. The molecule has 4 rings (SSSR count). The van der Waals surface area contributed by atoms with E-state index >= 15 is 0 Å². The number of hydrogen-bond donors (Lipinski definition) is 0. The number of ether oxygens (including phenoxy) is 5. The lowest BCUT2D eigenvalue weighted by Gasteiger charge is -2.30. The lowest BCUT2D eigenvalue weighted by molar-refractivity contribution is -0.151. The van der Waals surface area contributed by atoms with Crippen LogP contribution >= 0.6 is 0 Å². The molecule has 196 valence electrons. The van der Waals surface area contributed by atoms with Crippen LogP contribution in [-0.4, -0.2) is 65.8 Å². The molecule has 0 amide bonds. The first-order chi connectivity index (χ1) is 17.4. The van der Waals surface area contributed by atoms with Crippen molar-refractivity contribution in [3.05, 3.63) is 35.9 Å². The van der Waals surface area contributed by atoms with Gasteiger partial charge < -0.3 is 28.5 Å². The highest BCUT2D eigenvalue weighted by Gasteiger charge is 2.26. The Kier molecular flexibility index (Phi) is 8.76. The largest absolute Gasteiger partial charge is 0.528 e. The first-order valence-electron chi connectivity index (χ1n) is 12.2. The van der Waals surface area contributed by atoms with Crippen molar-refractivity contribution in [3.63, 3.8) is 0 Å². The molecule has 0 spiro atoms. The van der Waals surface area contributed by atoms with E-state index < -0.39 is 12.0 Å². The zero-order valence-electron chi connectivity index (χ0n) is 20.8. The van der Waals surface area contributed by atoms with Gasteiger partial charge in [0.2, 0.25) is 11.8 Å². The third-order valence-corrected chi connectivity index (χ3v) is 5.55. The van der Waals surface area contributed by atoms with Gasteiger partial charge in [0.1, 0.15) is 24.8 Å². The maximum Gasteiger partial charge on any atom is 0.528 e. The van der Waals surface area contributed by atoms with Crippen LogP contribution in [0.4, 0.5) is 9.18 Å². The monoisotopic (exact) mass is 505 g/mol. The van der Waals surface area contributed by atoms with E-state index in [1.165, 1.54) is 18.5 Å². The minimum Gasteiger partial charge on any atom is -0.491 e. The number of carbonyl (C=O) groups excluding carboxylic acids is 1. The molecule has 1 aromatic heterocycles. The van der Waals surface area contributed by atoms with E-state index in [9.17, 15) is 9.18 Å². The first-order valence-corrected chi connectivity index (χ1v) is 12.2. The van der Waals surface area contributed by atoms with Gasteiger partial charge in [-0.1, -0.05) is 0 Å². The molecule has 2 aromatic rings. The van der Waals surface area contributed by atoms with Crippen molar-refractivity contribution in [2.75, 3.05) is 26.3 Å². The Bertz CT molecular complexity index is 1030. The molecule has 0 atom stereocenters. The van der Waals surface area contributed by atoms with Gasteiger partial charge in [-0.3, -0.25) is 0 Å². The van der Waals surface area contributed by atoms with E-state index in [0.717, 1.165) is 12.8 Å². The molecule has 2 heterocycles. The predicted molar refractivity (Wildman–Crippen MR) is 126 cm³/mol. The Balaban J connectivity index is 1.28. The summed E-state index contributed by atoms with van der Waals surface area (Å²) < 4.78 is 42.5. The Morgan fingerprint density at radius 2 is 1.83 bits per heavy atom. The van der Waals surface area contributed by atoms with Crippen LogP contribution in [0.3, 0.4) is 0 Å². The lowest BCUT2D eigenvalue weighted by Crippen LogP contribution is -2.40. The molecule has 36 heavy (non-hydrogen) atoms. The van der Waals surface area contributed by atoms with E-state index in [4.69, 9.17) is 28.5 Å². The Morgan fingerprint density at radius 1 is 1.08 bits per heavy atom. The molecule has 2 aliphatic rings. The second-order valence-electron chi connectivity index (χ2n) is 8.98. The molecule has 11 heteroatoms. The quantitative estimate of drug-likeness (QED) is 0.318. The summed E-state index contributed by atoms with van der Waals surface area (Å²) in [7, 11) is 0. The van der Waals surface area contributed by atoms with Crippen molar-refractivity contribution in [2.45, 2.75) is 64.8 Å². The zero-order valence-corrected chi connectivity index (χ0v) is 20.8. The minimum absolute atomic E-state index is 0.0167. The van der Waals surface area contributed by atoms with Gasteiger partial charge in [0.25, 0.3) is 0 Å². The Morgan fingerprint density at radius 3 is 2.53 bits per heavy atom. The summed E-state index contributed by atoms with van der Waals surface area (Å²) in [5.41, 5.74) is 0.550. The number of piperidine rings is 1. The fourth-order valence-electron chi connectivity index (χ4n) is 3.53. The zero-order chi connectivity index (χ0) is 25.5. The maximum absolute atomic E-state index is 14.6. The smallest absolute Gasteiger partial charge is 0.491 e. The molecule has 0 unspecified atom stereocenters. The van der Waals surface area contributed by atoms with Crippen LogP contribution in [0.25, 0.3) is 0 Å². The Hall–Kier alpha value is -3.18. The topological polar surface area (TPSA) is 101 Å². The van der Waals surface area contributed by atoms with E-state index in [-0.39, 0.29) is 23.8 Å². The summed E-state index contributed by atoms with van der Waals surface area (Å²) in [5.74, 6) is 0.398. The molecule has 1 aliphatic heterocycles. The van der Waals surface area contributed by atoms with Crippen LogP contribution in [0.2, 0.25) is 0 Å². The highest BCUT2D eigenvalue weighted by molar-refractivity contribution is 5.59. The van der Waals surface area contributed by atoms with Gasteiger partial charge >= 0.3 is 6.16 Å². The average molecular weight is 506 g/mol. The SMILES string of the molecule is Cc1c(Oc2ccc(OCCOC3CC3)cc2F)ncnc1OC1CCN(OC(=O)OC(C)C)CC1. The van der Waals surface area contributed by atoms with E-state index in [0.29, 0.717) is 62.4 Å². The van der Waals surface area contributed by atoms with Crippen LogP contribution in [0, 0.1) is 12.7 Å². The van der Waals surface area contributed by atoms with Gasteiger partial charge in [0.15, 0.2) is 11.6 Å². The average Bonchev–Trinajstić information content (AvgIpc) is 3.66. The number of aromatic nitrogens is 2. The summed E-state index contributed by atoms with van der Waals surface area (Å²) >= 11 is 0. The third-order valence-electron chi connectivity index (χ3n) is 5.55. The second kappa shape index (κ2) is 12.2. The third kappa shape index (κ3) is 7.66. The molecule has 1 saturated heterocycles. The number of rotatable bonds is 11. The Labute approximate surface area is 209 Å². The summed E-state index contributed by atoms with van der Waals surface area (Å²) in [6.45, 7) is 7.10. The van der Waals surface area contributed by atoms with Crippen LogP contribution in [0.1, 0.15) is 45.1 Å². The summed E-state index contributed by atoms with van der Waals surface area (Å²) in [6, 6.07) is 4.40. The van der Waals surface area contributed by atoms with E-state index in [2.05, 4.69) is 9.97 Å². The fraction of sp³-hybridized carbons (Fsp3) is 0.560. The van der Waals surface area contributed by atoms with Crippen LogP contribution in [0.5, 0.6) is 23.3 Å². The maximum atomic E-state index is 14.6. The van der Waals surface area contributed by atoms with Gasteiger partial charge in [-0.25, -0.2) is 19.2 Å². The summed E-state index contributed by atoms with van der Waals surface area (Å²) in [5, 5.41) is 1.56. The van der Waals surface area contributed by atoms with Crippen LogP contribution in [0.15, 0.2) is 24.5 Å². The van der Waals surface area contributed by atoms with Crippen LogP contribution in [-0.2, 0) is 14.3 Å².